The third-order valence-electron chi connectivity index (χ3n) is 2.34. The Bertz CT molecular complexity index is 454. The molecule has 0 aromatic heterocycles. The van der Waals surface area contributed by atoms with Crippen LogP contribution in [0.5, 0.6) is 5.75 Å². The molecule has 1 aromatic rings. The van der Waals surface area contributed by atoms with Crippen molar-refractivity contribution in [1.29, 1.82) is 5.26 Å². The van der Waals surface area contributed by atoms with Crippen LogP contribution in [0.25, 0.3) is 0 Å². The summed E-state index contributed by atoms with van der Waals surface area (Å²) < 4.78 is 0. The minimum Gasteiger partial charge on any atom is -0.508 e. The second-order valence-corrected chi connectivity index (χ2v) is 3.86. The van der Waals surface area contributed by atoms with Crippen LogP contribution in [-0.4, -0.2) is 29.0 Å². The zero-order valence-electron chi connectivity index (χ0n) is 9.48. The molecule has 0 radical (unpaired) electrons. The van der Waals surface area contributed by atoms with E-state index in [1.165, 1.54) is 23.1 Å². The van der Waals surface area contributed by atoms with Crippen LogP contribution in [0.15, 0.2) is 18.2 Å². The van der Waals surface area contributed by atoms with E-state index < -0.39 is 0 Å². The molecule has 4 nitrogen and oxygen atoms in total. The summed E-state index contributed by atoms with van der Waals surface area (Å²) in [6.07, 6.45) is 0.274. The quantitative estimate of drug-likeness (QED) is 0.895. The molecule has 1 N–H and O–H groups in total. The number of hydrogen-bond acceptors (Lipinski definition) is 3. The number of phenolic OH excluding ortho intramolecular Hbond substituents is 1. The zero-order valence-corrected chi connectivity index (χ0v) is 10.2. The Labute approximate surface area is 105 Å². The molecule has 0 atom stereocenters. The number of amides is 1. The van der Waals surface area contributed by atoms with Gasteiger partial charge in [0.1, 0.15) is 5.75 Å². The van der Waals surface area contributed by atoms with E-state index in [1.807, 2.05) is 13.0 Å². The van der Waals surface area contributed by atoms with E-state index in [9.17, 15) is 9.90 Å². The molecule has 0 heterocycles. The van der Waals surface area contributed by atoms with Gasteiger partial charge >= 0.3 is 0 Å². The Balaban J connectivity index is 2.94. The first-order valence-corrected chi connectivity index (χ1v) is 5.62. The largest absolute Gasteiger partial charge is 0.508 e. The number of halogens is 1. The van der Waals surface area contributed by atoms with Gasteiger partial charge in [-0.05, 0) is 25.1 Å². The van der Waals surface area contributed by atoms with Crippen LogP contribution in [-0.2, 0) is 0 Å². The molecular formula is C12H13ClN2O2. The lowest BCUT2D eigenvalue weighted by atomic mass is 10.2. The molecule has 1 aromatic carbocycles. The van der Waals surface area contributed by atoms with Crippen molar-refractivity contribution >= 4 is 17.5 Å². The summed E-state index contributed by atoms with van der Waals surface area (Å²) in [5.41, 5.74) is 0.256. The summed E-state index contributed by atoms with van der Waals surface area (Å²) in [5, 5.41) is 18.1. The maximum Gasteiger partial charge on any atom is 0.255 e. The van der Waals surface area contributed by atoms with Gasteiger partial charge < -0.3 is 10.0 Å². The number of rotatable bonds is 4. The second-order valence-electron chi connectivity index (χ2n) is 3.46. The molecule has 0 saturated carbocycles. The fourth-order valence-electron chi connectivity index (χ4n) is 1.44. The highest BCUT2D eigenvalue weighted by Crippen LogP contribution is 2.22. The van der Waals surface area contributed by atoms with E-state index in [0.717, 1.165) is 0 Å². The molecule has 0 bridgehead atoms. The molecule has 1 amide bonds. The Hall–Kier alpha value is -1.73. The summed E-state index contributed by atoms with van der Waals surface area (Å²) in [6.45, 7) is 2.68. The van der Waals surface area contributed by atoms with Crippen molar-refractivity contribution < 1.29 is 9.90 Å². The number of carbonyl (C=O) groups is 1. The first-order valence-electron chi connectivity index (χ1n) is 5.25. The molecule has 0 saturated heterocycles. The van der Waals surface area contributed by atoms with Gasteiger partial charge in [-0.15, -0.1) is 0 Å². The van der Waals surface area contributed by atoms with Crippen LogP contribution >= 0.6 is 11.6 Å². The van der Waals surface area contributed by atoms with E-state index in [2.05, 4.69) is 0 Å². The van der Waals surface area contributed by atoms with Crippen LogP contribution in [0.1, 0.15) is 23.7 Å². The van der Waals surface area contributed by atoms with Crippen LogP contribution in [0.4, 0.5) is 0 Å². The Kier molecular flexibility index (Phi) is 4.80. The van der Waals surface area contributed by atoms with Crippen LogP contribution in [0.3, 0.4) is 0 Å². The Morgan fingerprint density at radius 3 is 2.88 bits per heavy atom. The molecule has 0 aliphatic heterocycles. The van der Waals surface area contributed by atoms with E-state index in [-0.39, 0.29) is 23.6 Å². The molecule has 0 fully saturated rings. The molecule has 17 heavy (non-hydrogen) atoms. The van der Waals surface area contributed by atoms with Crippen molar-refractivity contribution in [3.05, 3.63) is 28.8 Å². The minimum atomic E-state index is -0.274. The van der Waals surface area contributed by atoms with Crippen molar-refractivity contribution in [2.45, 2.75) is 13.3 Å². The highest BCUT2D eigenvalue weighted by molar-refractivity contribution is 6.33. The van der Waals surface area contributed by atoms with Gasteiger partial charge in [0, 0.05) is 13.1 Å². The monoisotopic (exact) mass is 252 g/mol. The summed E-state index contributed by atoms with van der Waals surface area (Å²) in [4.78, 5) is 13.6. The average molecular weight is 253 g/mol. The lowest BCUT2D eigenvalue weighted by Crippen LogP contribution is -2.31. The average Bonchev–Trinajstić information content (AvgIpc) is 2.33. The number of hydrogen-bond donors (Lipinski definition) is 1. The Morgan fingerprint density at radius 1 is 1.59 bits per heavy atom. The normalized spacial score (nSPS) is 9.71. The highest BCUT2D eigenvalue weighted by atomic mass is 35.5. The number of nitriles is 1. The summed E-state index contributed by atoms with van der Waals surface area (Å²) in [5.74, 6) is -0.280. The third kappa shape index (κ3) is 3.36. The lowest BCUT2D eigenvalue weighted by Gasteiger charge is -2.20. The van der Waals surface area contributed by atoms with Crippen molar-refractivity contribution in [2.24, 2.45) is 0 Å². The minimum absolute atomic E-state index is 0.00548. The van der Waals surface area contributed by atoms with Gasteiger partial charge in [-0.25, -0.2) is 0 Å². The fraction of sp³-hybridized carbons (Fsp3) is 0.333. The molecule has 0 unspecified atom stereocenters. The van der Waals surface area contributed by atoms with Gasteiger partial charge in [0.25, 0.3) is 5.91 Å². The zero-order chi connectivity index (χ0) is 12.8. The number of benzene rings is 1. The van der Waals surface area contributed by atoms with Gasteiger partial charge in [0.05, 0.1) is 23.1 Å². The standard InChI is InChI=1S/C12H13ClN2O2/c1-2-15(7-3-6-14)12(17)10-8-9(16)4-5-11(10)13/h4-5,8,16H,2-3,7H2,1H3. The van der Waals surface area contributed by atoms with Gasteiger partial charge in [0.15, 0.2) is 0 Å². The number of aromatic hydroxyl groups is 1. The van der Waals surface area contributed by atoms with Crippen LogP contribution in [0, 0.1) is 11.3 Å². The molecule has 0 aliphatic carbocycles. The fourth-order valence-corrected chi connectivity index (χ4v) is 1.63. The smallest absolute Gasteiger partial charge is 0.255 e. The van der Waals surface area contributed by atoms with E-state index >= 15 is 0 Å². The molecule has 0 aliphatic rings. The summed E-state index contributed by atoms with van der Waals surface area (Å²) in [6, 6.07) is 6.22. The van der Waals surface area contributed by atoms with Gasteiger partial charge in [-0.2, -0.15) is 5.26 Å². The number of nitrogens with zero attached hydrogens (tertiary/aromatic N) is 2. The molecule has 1 rings (SSSR count). The third-order valence-corrected chi connectivity index (χ3v) is 2.67. The Morgan fingerprint density at radius 2 is 2.29 bits per heavy atom. The molecular weight excluding hydrogens is 240 g/mol. The summed E-state index contributed by atoms with van der Waals surface area (Å²) in [7, 11) is 0. The molecule has 0 spiro atoms. The molecule has 5 heteroatoms. The predicted molar refractivity (Wildman–Crippen MR) is 64.9 cm³/mol. The summed E-state index contributed by atoms with van der Waals surface area (Å²) >= 11 is 5.90. The van der Waals surface area contributed by atoms with Crippen molar-refractivity contribution in [1.82, 2.24) is 4.90 Å². The highest BCUT2D eigenvalue weighted by Gasteiger charge is 2.17. The van der Waals surface area contributed by atoms with E-state index in [0.29, 0.717) is 18.1 Å². The topological polar surface area (TPSA) is 64.3 Å². The van der Waals surface area contributed by atoms with E-state index in [1.54, 1.807) is 0 Å². The van der Waals surface area contributed by atoms with Crippen molar-refractivity contribution in [2.75, 3.05) is 13.1 Å². The van der Waals surface area contributed by atoms with Crippen molar-refractivity contribution in [3.8, 4) is 11.8 Å². The number of phenols is 1. The predicted octanol–water partition coefficient (Wildman–Crippen LogP) is 2.42. The molecule has 90 valence electrons. The SMILES string of the molecule is CCN(CCC#N)C(=O)c1cc(O)ccc1Cl. The van der Waals surface area contributed by atoms with Crippen LogP contribution in [0.2, 0.25) is 5.02 Å². The lowest BCUT2D eigenvalue weighted by molar-refractivity contribution is 0.0767. The van der Waals surface area contributed by atoms with Gasteiger partial charge in [0.2, 0.25) is 0 Å². The first-order chi connectivity index (χ1) is 8.10. The number of carbonyl (C=O) groups excluding carboxylic acids is 1. The van der Waals surface area contributed by atoms with Crippen molar-refractivity contribution in [3.63, 3.8) is 0 Å². The van der Waals surface area contributed by atoms with Crippen LogP contribution < -0.4 is 0 Å². The van der Waals surface area contributed by atoms with Gasteiger partial charge in [-0.1, -0.05) is 11.6 Å². The van der Waals surface area contributed by atoms with Gasteiger partial charge in [-0.3, -0.25) is 4.79 Å². The maximum absolute atomic E-state index is 12.1. The maximum atomic E-state index is 12.1. The first kappa shape index (κ1) is 13.3. The van der Waals surface area contributed by atoms with E-state index in [4.69, 9.17) is 16.9 Å². The second kappa shape index (κ2) is 6.12.